The van der Waals surface area contributed by atoms with E-state index in [1.54, 1.807) is 6.92 Å². The van der Waals surface area contributed by atoms with Crippen LogP contribution < -0.4 is 10.6 Å². The molecule has 0 radical (unpaired) electrons. The number of carbonyl (C=O) groups excluding carboxylic acids is 1. The first kappa shape index (κ1) is 18.5. The Balaban J connectivity index is 1.74. The average molecular weight is 337 g/mol. The first-order valence-electron chi connectivity index (χ1n) is 8.32. The zero-order valence-electron chi connectivity index (χ0n) is 14.4. The molecule has 2 aromatic carbocycles. The fourth-order valence-electron chi connectivity index (χ4n) is 2.23. The van der Waals surface area contributed by atoms with E-state index < -0.39 is 0 Å². The molecular weight excluding hydrogens is 314 g/mol. The molecule has 130 valence electrons. The summed E-state index contributed by atoms with van der Waals surface area (Å²) in [4.78, 5) is 11.8. The SMILES string of the molecule is C[C@H](C#N)CNC(=O)Nc1cccc(COCCc2ccccc2)c1. The van der Waals surface area contributed by atoms with Gasteiger partial charge in [-0.2, -0.15) is 5.26 Å². The number of anilines is 1. The van der Waals surface area contributed by atoms with Gasteiger partial charge >= 0.3 is 6.03 Å². The summed E-state index contributed by atoms with van der Waals surface area (Å²) < 4.78 is 5.71. The molecule has 0 aliphatic rings. The van der Waals surface area contributed by atoms with Crippen molar-refractivity contribution in [3.05, 3.63) is 65.7 Å². The molecule has 25 heavy (non-hydrogen) atoms. The van der Waals surface area contributed by atoms with E-state index in [-0.39, 0.29) is 11.9 Å². The standard InChI is InChI=1S/C20H23N3O2/c1-16(13-21)14-22-20(24)23-19-9-5-8-18(12-19)15-25-11-10-17-6-3-2-4-7-17/h2-9,12,16H,10-11,14-15H2,1H3,(H2,22,23,24)/t16-/m1/s1. The lowest BCUT2D eigenvalue weighted by Gasteiger charge is -2.10. The smallest absolute Gasteiger partial charge is 0.319 e. The van der Waals surface area contributed by atoms with Crippen molar-refractivity contribution in [3.63, 3.8) is 0 Å². The first-order valence-corrected chi connectivity index (χ1v) is 8.32. The third-order valence-corrected chi connectivity index (χ3v) is 3.62. The molecule has 0 aliphatic heterocycles. The van der Waals surface area contributed by atoms with Crippen LogP contribution in [0, 0.1) is 17.2 Å². The maximum atomic E-state index is 11.8. The van der Waals surface area contributed by atoms with E-state index in [1.165, 1.54) is 5.56 Å². The highest BCUT2D eigenvalue weighted by molar-refractivity contribution is 5.89. The third-order valence-electron chi connectivity index (χ3n) is 3.62. The molecule has 0 aromatic heterocycles. The molecule has 0 fully saturated rings. The second-order valence-electron chi connectivity index (χ2n) is 5.85. The molecule has 0 spiro atoms. The van der Waals surface area contributed by atoms with E-state index in [2.05, 4.69) is 28.8 Å². The molecule has 0 aliphatic carbocycles. The minimum absolute atomic E-state index is 0.213. The largest absolute Gasteiger partial charge is 0.376 e. The van der Waals surface area contributed by atoms with Crippen LogP contribution in [0.25, 0.3) is 0 Å². The Hall–Kier alpha value is -2.84. The molecule has 2 aromatic rings. The minimum Gasteiger partial charge on any atom is -0.376 e. The number of nitrogens with one attached hydrogen (secondary N) is 2. The van der Waals surface area contributed by atoms with Crippen molar-refractivity contribution in [2.75, 3.05) is 18.5 Å². The topological polar surface area (TPSA) is 74.2 Å². The molecule has 2 amide bonds. The Morgan fingerprint density at radius 1 is 1.16 bits per heavy atom. The maximum Gasteiger partial charge on any atom is 0.319 e. The van der Waals surface area contributed by atoms with Crippen molar-refractivity contribution in [1.82, 2.24) is 5.32 Å². The Bertz CT molecular complexity index is 710. The van der Waals surface area contributed by atoms with Crippen LogP contribution in [0.3, 0.4) is 0 Å². The highest BCUT2D eigenvalue weighted by atomic mass is 16.5. The van der Waals surface area contributed by atoms with Crippen molar-refractivity contribution < 1.29 is 9.53 Å². The van der Waals surface area contributed by atoms with Crippen molar-refractivity contribution in [1.29, 1.82) is 5.26 Å². The van der Waals surface area contributed by atoms with Gasteiger partial charge in [-0.1, -0.05) is 42.5 Å². The van der Waals surface area contributed by atoms with Gasteiger partial charge in [-0.15, -0.1) is 0 Å². The summed E-state index contributed by atoms with van der Waals surface area (Å²) in [7, 11) is 0. The Morgan fingerprint density at radius 2 is 1.92 bits per heavy atom. The van der Waals surface area contributed by atoms with E-state index in [4.69, 9.17) is 10.00 Å². The molecular formula is C20H23N3O2. The molecule has 0 saturated heterocycles. The average Bonchev–Trinajstić information content (AvgIpc) is 2.64. The van der Waals surface area contributed by atoms with Gasteiger partial charge in [0.15, 0.2) is 0 Å². The number of hydrogen-bond donors (Lipinski definition) is 2. The summed E-state index contributed by atoms with van der Waals surface area (Å²) in [6.07, 6.45) is 0.873. The van der Waals surface area contributed by atoms with Gasteiger partial charge in [0.1, 0.15) is 0 Å². The van der Waals surface area contributed by atoms with Crippen molar-refractivity contribution in [2.24, 2.45) is 5.92 Å². The van der Waals surface area contributed by atoms with Gasteiger partial charge in [-0.3, -0.25) is 0 Å². The second-order valence-corrected chi connectivity index (χ2v) is 5.85. The van der Waals surface area contributed by atoms with E-state index in [0.717, 1.165) is 12.0 Å². The van der Waals surface area contributed by atoms with Gasteiger partial charge in [0.25, 0.3) is 0 Å². The zero-order chi connectivity index (χ0) is 17.9. The van der Waals surface area contributed by atoms with Crippen LogP contribution in [0.15, 0.2) is 54.6 Å². The van der Waals surface area contributed by atoms with Crippen LogP contribution in [0.5, 0.6) is 0 Å². The maximum absolute atomic E-state index is 11.8. The van der Waals surface area contributed by atoms with Gasteiger partial charge in [0.05, 0.1) is 25.2 Å². The van der Waals surface area contributed by atoms with Gasteiger partial charge in [-0.05, 0) is 36.6 Å². The van der Waals surface area contributed by atoms with E-state index >= 15 is 0 Å². The Labute approximate surface area is 148 Å². The van der Waals surface area contributed by atoms with Crippen LogP contribution in [0.1, 0.15) is 18.1 Å². The number of amides is 2. The molecule has 0 bridgehead atoms. The van der Waals surface area contributed by atoms with Crippen LogP contribution in [0.4, 0.5) is 10.5 Å². The van der Waals surface area contributed by atoms with Crippen molar-refractivity contribution in [3.8, 4) is 6.07 Å². The summed E-state index contributed by atoms with van der Waals surface area (Å²) in [5.41, 5.74) is 2.95. The fourth-order valence-corrected chi connectivity index (χ4v) is 2.23. The van der Waals surface area contributed by atoms with Gasteiger partial charge in [-0.25, -0.2) is 4.79 Å². The molecule has 2 N–H and O–H groups in total. The van der Waals surface area contributed by atoms with E-state index in [1.807, 2.05) is 42.5 Å². The minimum atomic E-state index is -0.316. The van der Waals surface area contributed by atoms with Gasteiger partial charge in [0.2, 0.25) is 0 Å². The monoisotopic (exact) mass is 337 g/mol. The normalized spacial score (nSPS) is 11.4. The molecule has 0 saturated carbocycles. The zero-order valence-corrected chi connectivity index (χ0v) is 14.4. The van der Waals surface area contributed by atoms with Gasteiger partial charge < -0.3 is 15.4 Å². The fraction of sp³-hybridized carbons (Fsp3) is 0.300. The lowest BCUT2D eigenvalue weighted by molar-refractivity contribution is 0.124. The highest BCUT2D eigenvalue weighted by Gasteiger charge is 2.05. The number of nitrogens with zero attached hydrogens (tertiary/aromatic N) is 1. The van der Waals surface area contributed by atoms with E-state index in [0.29, 0.717) is 25.4 Å². The van der Waals surface area contributed by atoms with Gasteiger partial charge in [0, 0.05) is 12.2 Å². The lowest BCUT2D eigenvalue weighted by Crippen LogP contribution is -2.32. The molecule has 5 nitrogen and oxygen atoms in total. The van der Waals surface area contributed by atoms with Crippen LogP contribution >= 0.6 is 0 Å². The van der Waals surface area contributed by atoms with Crippen LogP contribution in [-0.2, 0) is 17.8 Å². The van der Waals surface area contributed by atoms with Crippen LogP contribution in [0.2, 0.25) is 0 Å². The number of hydrogen-bond acceptors (Lipinski definition) is 3. The molecule has 1 atom stereocenters. The number of nitriles is 1. The summed E-state index contributed by atoms with van der Waals surface area (Å²) in [6, 6.07) is 19.5. The highest BCUT2D eigenvalue weighted by Crippen LogP contribution is 2.12. The van der Waals surface area contributed by atoms with E-state index in [9.17, 15) is 4.79 Å². The molecule has 0 unspecified atom stereocenters. The summed E-state index contributed by atoms with van der Waals surface area (Å²) in [5, 5.41) is 14.1. The number of carbonyl (C=O) groups is 1. The second kappa shape index (κ2) is 10.1. The number of rotatable bonds is 8. The predicted octanol–water partition coefficient (Wildman–Crippen LogP) is 3.73. The quantitative estimate of drug-likeness (QED) is 0.721. The number of urea groups is 1. The molecule has 2 rings (SSSR count). The Morgan fingerprint density at radius 3 is 2.68 bits per heavy atom. The predicted molar refractivity (Wildman–Crippen MR) is 98.0 cm³/mol. The third kappa shape index (κ3) is 7.06. The number of ether oxygens (including phenoxy) is 1. The van der Waals surface area contributed by atoms with Crippen molar-refractivity contribution in [2.45, 2.75) is 20.0 Å². The lowest BCUT2D eigenvalue weighted by atomic mass is 10.2. The molecule has 0 heterocycles. The molecule has 5 heteroatoms. The van der Waals surface area contributed by atoms with Crippen molar-refractivity contribution >= 4 is 11.7 Å². The number of benzene rings is 2. The summed E-state index contributed by atoms with van der Waals surface area (Å²) >= 11 is 0. The summed E-state index contributed by atoms with van der Waals surface area (Å²) in [6.45, 7) is 3.22. The van der Waals surface area contributed by atoms with Crippen LogP contribution in [-0.4, -0.2) is 19.2 Å². The first-order chi connectivity index (χ1) is 12.2. The summed E-state index contributed by atoms with van der Waals surface area (Å²) in [5.74, 6) is -0.213. The Kier molecular flexibility index (Phi) is 7.48.